The summed E-state index contributed by atoms with van der Waals surface area (Å²) >= 11 is 0. The van der Waals surface area contributed by atoms with Gasteiger partial charge >= 0.3 is 0 Å². The van der Waals surface area contributed by atoms with Gasteiger partial charge < -0.3 is 0 Å². The molecule has 0 saturated carbocycles. The van der Waals surface area contributed by atoms with Crippen molar-refractivity contribution in [2.24, 2.45) is 0 Å². The number of allylic oxidation sites excluding steroid dienone is 1. The molecular weight excluding hydrogens is 136 g/mol. The van der Waals surface area contributed by atoms with Crippen LogP contribution in [0.25, 0.3) is 0 Å². The molecule has 1 nitrogen and oxygen atoms in total. The van der Waals surface area contributed by atoms with Gasteiger partial charge in [-0.25, -0.2) is 5.11 Å². The zero-order chi connectivity index (χ0) is 8.36. The highest BCUT2D eigenvalue weighted by Gasteiger charge is 1.83. The van der Waals surface area contributed by atoms with Crippen LogP contribution in [0.1, 0.15) is 45.4 Å². The minimum absolute atomic E-state index is 0.0332. The summed E-state index contributed by atoms with van der Waals surface area (Å²) in [6, 6.07) is 0. The molecule has 65 valence electrons. The normalized spacial score (nSPS) is 11.1. The predicted molar refractivity (Wildman–Crippen MR) is 48.1 cm³/mol. The second-order valence-electron chi connectivity index (χ2n) is 2.81. The monoisotopic (exact) mass is 155 g/mol. The van der Waals surface area contributed by atoms with Crippen molar-refractivity contribution in [2.75, 3.05) is 6.61 Å². The minimum Gasteiger partial charge on any atom is -0.236 e. The zero-order valence-electron chi connectivity index (χ0n) is 7.51. The molecule has 1 radical (unpaired) electrons. The molecule has 0 aliphatic carbocycles. The minimum atomic E-state index is 0.0332. The second-order valence-corrected chi connectivity index (χ2v) is 2.81. The zero-order valence-corrected chi connectivity index (χ0v) is 7.51. The van der Waals surface area contributed by atoms with E-state index in [4.69, 9.17) is 0 Å². The quantitative estimate of drug-likeness (QED) is 0.397. The maximum atomic E-state index is 10.0. The molecule has 0 aromatic heterocycles. The van der Waals surface area contributed by atoms with Gasteiger partial charge in [-0.05, 0) is 19.3 Å². The summed E-state index contributed by atoms with van der Waals surface area (Å²) in [7, 11) is 0. The lowest BCUT2D eigenvalue weighted by Crippen LogP contribution is -1.75. The third kappa shape index (κ3) is 9.70. The van der Waals surface area contributed by atoms with Gasteiger partial charge in [0.25, 0.3) is 0 Å². The van der Waals surface area contributed by atoms with E-state index in [1.165, 1.54) is 25.7 Å². The predicted octanol–water partition coefficient (Wildman–Crippen LogP) is 3.33. The highest BCUT2D eigenvalue weighted by atomic mass is 16.2. The largest absolute Gasteiger partial charge is 0.236 e. The number of rotatable bonds is 7. The third-order valence-electron chi connectivity index (χ3n) is 1.68. The number of unbranched alkanes of at least 4 members (excludes halogenated alkanes) is 4. The van der Waals surface area contributed by atoms with Gasteiger partial charge in [0.1, 0.15) is 0 Å². The summed E-state index contributed by atoms with van der Waals surface area (Å²) in [6.45, 7) is 2.25. The highest BCUT2D eigenvalue weighted by Crippen LogP contribution is 2.02. The van der Waals surface area contributed by atoms with E-state index in [0.29, 0.717) is 6.42 Å². The molecule has 11 heavy (non-hydrogen) atoms. The first-order valence-corrected chi connectivity index (χ1v) is 4.65. The van der Waals surface area contributed by atoms with Crippen molar-refractivity contribution in [3.8, 4) is 0 Å². The molecule has 0 aromatic carbocycles. The fourth-order valence-electron chi connectivity index (χ4n) is 0.993. The lowest BCUT2D eigenvalue weighted by molar-refractivity contribution is 0.199. The summed E-state index contributed by atoms with van der Waals surface area (Å²) in [4.78, 5) is 0. The van der Waals surface area contributed by atoms with Gasteiger partial charge in [-0.1, -0.05) is 38.3 Å². The first-order chi connectivity index (χ1) is 5.41. The van der Waals surface area contributed by atoms with E-state index in [-0.39, 0.29) is 6.61 Å². The fourth-order valence-corrected chi connectivity index (χ4v) is 0.993. The lowest BCUT2D eigenvalue weighted by atomic mass is 10.1. The van der Waals surface area contributed by atoms with Crippen LogP contribution in [0.2, 0.25) is 0 Å². The van der Waals surface area contributed by atoms with Crippen LogP contribution in [0.5, 0.6) is 0 Å². The molecule has 0 saturated heterocycles. The molecule has 0 heterocycles. The molecule has 0 N–H and O–H groups in total. The van der Waals surface area contributed by atoms with Crippen molar-refractivity contribution < 1.29 is 5.11 Å². The average Bonchev–Trinajstić information content (AvgIpc) is 2.03. The topological polar surface area (TPSA) is 19.9 Å². The summed E-state index contributed by atoms with van der Waals surface area (Å²) in [5, 5.41) is 10.0. The molecule has 0 aliphatic rings. The molecule has 0 spiro atoms. The van der Waals surface area contributed by atoms with Crippen molar-refractivity contribution in [1.29, 1.82) is 0 Å². The van der Waals surface area contributed by atoms with Crippen LogP contribution in [0.4, 0.5) is 0 Å². The number of hydrogen-bond donors (Lipinski definition) is 0. The van der Waals surface area contributed by atoms with Gasteiger partial charge in [0.15, 0.2) is 0 Å². The molecule has 1 heteroatoms. The first kappa shape index (κ1) is 10.7. The average molecular weight is 155 g/mol. The van der Waals surface area contributed by atoms with Crippen LogP contribution in [-0.2, 0) is 5.11 Å². The maximum absolute atomic E-state index is 10.0. The van der Waals surface area contributed by atoms with Gasteiger partial charge in [-0.15, -0.1) is 0 Å². The van der Waals surface area contributed by atoms with Gasteiger partial charge in [-0.3, -0.25) is 0 Å². The Labute approximate surface area is 70.1 Å². The van der Waals surface area contributed by atoms with Crippen molar-refractivity contribution in [3.05, 3.63) is 12.2 Å². The van der Waals surface area contributed by atoms with Gasteiger partial charge in [0.2, 0.25) is 0 Å². The smallest absolute Gasteiger partial charge is 0.0856 e. The molecule has 0 atom stereocenters. The number of hydrogen-bond acceptors (Lipinski definition) is 0. The maximum Gasteiger partial charge on any atom is 0.0856 e. The summed E-state index contributed by atoms with van der Waals surface area (Å²) in [6.07, 6.45) is 11.2. The van der Waals surface area contributed by atoms with Crippen LogP contribution in [-0.4, -0.2) is 6.61 Å². The Morgan fingerprint density at radius 2 is 1.73 bits per heavy atom. The lowest BCUT2D eigenvalue weighted by Gasteiger charge is -1.93. The molecular formula is C10H19O. The van der Waals surface area contributed by atoms with Gasteiger partial charge in [0, 0.05) is 0 Å². The van der Waals surface area contributed by atoms with Gasteiger partial charge in [0.05, 0.1) is 6.61 Å². The van der Waals surface area contributed by atoms with Crippen LogP contribution < -0.4 is 0 Å². The molecule has 0 rings (SSSR count). The van der Waals surface area contributed by atoms with Crippen LogP contribution in [0.3, 0.4) is 0 Å². The Balaban J connectivity index is 2.89. The SMILES string of the molecule is CCCCCC/C=C/CC[O]. The van der Waals surface area contributed by atoms with Crippen LogP contribution in [0.15, 0.2) is 12.2 Å². The molecule has 0 bridgehead atoms. The second kappa shape index (κ2) is 9.70. The Kier molecular flexibility index (Phi) is 9.44. The van der Waals surface area contributed by atoms with E-state index < -0.39 is 0 Å². The van der Waals surface area contributed by atoms with Crippen LogP contribution >= 0.6 is 0 Å². The standard InChI is InChI=1S/C10H19O/c1-2-3-4-5-6-7-8-9-10-11/h7-8H,2-6,9-10H2,1H3/b8-7+. The Morgan fingerprint density at radius 1 is 1.00 bits per heavy atom. The summed E-state index contributed by atoms with van der Waals surface area (Å²) < 4.78 is 0. The highest BCUT2D eigenvalue weighted by molar-refractivity contribution is 4.80. The molecule has 0 amide bonds. The van der Waals surface area contributed by atoms with Crippen molar-refractivity contribution in [3.63, 3.8) is 0 Å². The Bertz CT molecular complexity index is 86.9. The van der Waals surface area contributed by atoms with E-state index >= 15 is 0 Å². The van der Waals surface area contributed by atoms with Crippen molar-refractivity contribution >= 4 is 0 Å². The first-order valence-electron chi connectivity index (χ1n) is 4.65. The van der Waals surface area contributed by atoms with E-state index in [9.17, 15) is 5.11 Å². The Morgan fingerprint density at radius 3 is 2.36 bits per heavy atom. The molecule has 0 aromatic rings. The third-order valence-corrected chi connectivity index (χ3v) is 1.68. The fraction of sp³-hybridized carbons (Fsp3) is 0.800. The van der Waals surface area contributed by atoms with E-state index in [1.807, 2.05) is 6.08 Å². The van der Waals surface area contributed by atoms with E-state index in [1.54, 1.807) is 0 Å². The molecule has 0 fully saturated rings. The summed E-state index contributed by atoms with van der Waals surface area (Å²) in [5.41, 5.74) is 0. The van der Waals surface area contributed by atoms with E-state index in [2.05, 4.69) is 13.0 Å². The molecule has 0 unspecified atom stereocenters. The van der Waals surface area contributed by atoms with Crippen molar-refractivity contribution in [2.45, 2.75) is 45.4 Å². The van der Waals surface area contributed by atoms with E-state index in [0.717, 1.165) is 6.42 Å². The Hall–Kier alpha value is -0.300. The summed E-state index contributed by atoms with van der Waals surface area (Å²) in [5.74, 6) is 0. The van der Waals surface area contributed by atoms with Crippen molar-refractivity contribution in [1.82, 2.24) is 0 Å². The van der Waals surface area contributed by atoms with Crippen LogP contribution in [0, 0.1) is 0 Å². The molecule has 0 aliphatic heterocycles. The van der Waals surface area contributed by atoms with Gasteiger partial charge in [-0.2, -0.15) is 0 Å².